The van der Waals surface area contributed by atoms with Crippen LogP contribution in [0.15, 0.2) is 23.8 Å². The Kier molecular flexibility index (Phi) is 9.60. The molecule has 0 saturated carbocycles. The Morgan fingerprint density at radius 1 is 1.11 bits per heavy atom. The van der Waals surface area contributed by atoms with E-state index >= 15 is 0 Å². The zero-order chi connectivity index (χ0) is 20.4. The Balaban J connectivity index is 2.22. The van der Waals surface area contributed by atoms with Crippen molar-refractivity contribution in [1.29, 1.82) is 0 Å². The first kappa shape index (κ1) is 22.5. The molecule has 1 atom stereocenters. The smallest absolute Gasteiger partial charge is 0.342 e. The Hall–Kier alpha value is -1.77. The molecule has 28 heavy (non-hydrogen) atoms. The van der Waals surface area contributed by atoms with Gasteiger partial charge in [-0.1, -0.05) is 69.7 Å². The van der Waals surface area contributed by atoms with Crippen LogP contribution in [0.4, 0.5) is 0 Å². The van der Waals surface area contributed by atoms with Gasteiger partial charge in [0.2, 0.25) is 0 Å². The monoisotopic (exact) mass is 386 g/mol. The molecule has 1 N–H and O–H groups in total. The van der Waals surface area contributed by atoms with Crippen molar-refractivity contribution in [1.82, 2.24) is 0 Å². The SMILES string of the molecule is CCCCCCOC(=O)c1c(CCCCC)ccc([C@@H]2C=C(C)CCC2)c1O. The molecule has 3 heteroatoms. The molecule has 1 aromatic rings. The number of aryl methyl sites for hydroxylation is 1. The van der Waals surface area contributed by atoms with Gasteiger partial charge in [0.1, 0.15) is 11.3 Å². The maximum Gasteiger partial charge on any atom is 0.342 e. The van der Waals surface area contributed by atoms with Gasteiger partial charge in [-0.25, -0.2) is 4.79 Å². The number of rotatable bonds is 11. The van der Waals surface area contributed by atoms with Gasteiger partial charge in [0.05, 0.1) is 6.61 Å². The molecule has 3 nitrogen and oxygen atoms in total. The van der Waals surface area contributed by atoms with Gasteiger partial charge in [0.15, 0.2) is 0 Å². The number of carbonyl (C=O) groups excluding carboxylic acids is 1. The fraction of sp³-hybridized carbons (Fsp3) is 0.640. The van der Waals surface area contributed by atoms with Gasteiger partial charge >= 0.3 is 5.97 Å². The van der Waals surface area contributed by atoms with Gasteiger partial charge in [0, 0.05) is 11.5 Å². The summed E-state index contributed by atoms with van der Waals surface area (Å²) in [4.78, 5) is 12.9. The molecule has 2 rings (SSSR count). The number of carbonyl (C=O) groups is 1. The molecule has 0 bridgehead atoms. The van der Waals surface area contributed by atoms with Gasteiger partial charge in [-0.15, -0.1) is 0 Å². The second kappa shape index (κ2) is 11.9. The van der Waals surface area contributed by atoms with Gasteiger partial charge in [-0.2, -0.15) is 0 Å². The average Bonchev–Trinajstić information content (AvgIpc) is 2.68. The van der Waals surface area contributed by atoms with Crippen LogP contribution in [0.2, 0.25) is 0 Å². The molecule has 156 valence electrons. The Morgan fingerprint density at radius 3 is 2.57 bits per heavy atom. The van der Waals surface area contributed by atoms with Crippen LogP contribution in [0.1, 0.15) is 112 Å². The number of phenolic OH excluding ortho intramolecular Hbond substituents is 1. The number of allylic oxidation sites excluding steroid dienone is 2. The maximum absolute atomic E-state index is 12.9. The molecule has 0 radical (unpaired) electrons. The standard InChI is InChI=1S/C25H38O3/c1-4-6-8-10-17-28-25(27)23-20(13-9-7-5-2)15-16-22(24(23)26)21-14-11-12-19(3)18-21/h15-16,18,21,26H,4-14,17H2,1-3H3/t21-/m0/s1. The topological polar surface area (TPSA) is 46.5 Å². The van der Waals surface area contributed by atoms with E-state index in [1.807, 2.05) is 12.1 Å². The summed E-state index contributed by atoms with van der Waals surface area (Å²) in [7, 11) is 0. The summed E-state index contributed by atoms with van der Waals surface area (Å²) < 4.78 is 5.55. The van der Waals surface area contributed by atoms with Crippen LogP contribution in [0.5, 0.6) is 5.75 Å². The van der Waals surface area contributed by atoms with Gasteiger partial charge in [0.25, 0.3) is 0 Å². The van der Waals surface area contributed by atoms with E-state index in [1.165, 1.54) is 5.57 Å². The summed E-state index contributed by atoms with van der Waals surface area (Å²) in [5.74, 6) is -0.0306. The lowest BCUT2D eigenvalue weighted by Gasteiger charge is -2.22. The van der Waals surface area contributed by atoms with E-state index < -0.39 is 0 Å². The molecule has 0 heterocycles. The minimum Gasteiger partial charge on any atom is -0.507 e. The van der Waals surface area contributed by atoms with Crippen molar-refractivity contribution >= 4 is 5.97 Å². The van der Waals surface area contributed by atoms with Crippen molar-refractivity contribution in [3.8, 4) is 5.75 Å². The molecular weight excluding hydrogens is 348 g/mol. The third-order valence-electron chi connectivity index (χ3n) is 5.75. The number of benzene rings is 1. The summed E-state index contributed by atoms with van der Waals surface area (Å²) in [5.41, 5.74) is 3.56. The van der Waals surface area contributed by atoms with Crippen molar-refractivity contribution in [3.63, 3.8) is 0 Å². The highest BCUT2D eigenvalue weighted by atomic mass is 16.5. The summed E-state index contributed by atoms with van der Waals surface area (Å²) in [6.45, 7) is 6.91. The normalized spacial score (nSPS) is 16.7. The van der Waals surface area contributed by atoms with Gasteiger partial charge < -0.3 is 9.84 Å². The predicted molar refractivity (Wildman–Crippen MR) is 116 cm³/mol. The van der Waals surface area contributed by atoms with Crippen molar-refractivity contribution in [2.24, 2.45) is 0 Å². The van der Waals surface area contributed by atoms with Crippen LogP contribution in [0.25, 0.3) is 0 Å². The van der Waals surface area contributed by atoms with E-state index in [4.69, 9.17) is 4.74 Å². The highest BCUT2D eigenvalue weighted by molar-refractivity contribution is 5.94. The molecule has 0 spiro atoms. The quantitative estimate of drug-likeness (QED) is 0.251. The van der Waals surface area contributed by atoms with E-state index in [-0.39, 0.29) is 17.6 Å². The molecule has 1 aliphatic carbocycles. The zero-order valence-corrected chi connectivity index (χ0v) is 18.1. The van der Waals surface area contributed by atoms with Crippen molar-refractivity contribution in [3.05, 3.63) is 40.5 Å². The van der Waals surface area contributed by atoms with Crippen LogP contribution in [0.3, 0.4) is 0 Å². The highest BCUT2D eigenvalue weighted by Gasteiger charge is 2.24. The Labute approximate surface area is 171 Å². The first-order chi connectivity index (χ1) is 13.6. The molecule has 0 saturated heterocycles. The Bertz CT molecular complexity index is 660. The van der Waals surface area contributed by atoms with Crippen molar-refractivity contribution < 1.29 is 14.6 Å². The lowest BCUT2D eigenvalue weighted by atomic mass is 9.84. The number of unbranched alkanes of at least 4 members (excludes halogenated alkanes) is 5. The molecule has 0 aromatic heterocycles. The van der Waals surface area contributed by atoms with Gasteiger partial charge in [-0.3, -0.25) is 0 Å². The van der Waals surface area contributed by atoms with Crippen LogP contribution in [0, 0.1) is 0 Å². The molecule has 0 amide bonds. The minimum absolute atomic E-state index is 0.142. The fourth-order valence-corrected chi connectivity index (χ4v) is 4.07. The molecule has 0 fully saturated rings. The van der Waals surface area contributed by atoms with Crippen LogP contribution < -0.4 is 0 Å². The minimum atomic E-state index is -0.362. The number of hydrogen-bond acceptors (Lipinski definition) is 3. The third kappa shape index (κ3) is 6.39. The summed E-state index contributed by atoms with van der Waals surface area (Å²) >= 11 is 0. The third-order valence-corrected chi connectivity index (χ3v) is 5.75. The van der Waals surface area contributed by atoms with E-state index in [0.29, 0.717) is 12.2 Å². The van der Waals surface area contributed by atoms with Crippen LogP contribution in [-0.4, -0.2) is 17.7 Å². The lowest BCUT2D eigenvalue weighted by molar-refractivity contribution is 0.0493. The van der Waals surface area contributed by atoms with Crippen LogP contribution in [-0.2, 0) is 11.2 Å². The van der Waals surface area contributed by atoms with Crippen LogP contribution >= 0.6 is 0 Å². The number of hydrogen-bond donors (Lipinski definition) is 1. The number of esters is 1. The van der Waals surface area contributed by atoms with E-state index in [9.17, 15) is 9.90 Å². The molecular formula is C25H38O3. The largest absolute Gasteiger partial charge is 0.507 e. The van der Waals surface area contributed by atoms with Gasteiger partial charge in [-0.05, 0) is 51.0 Å². The second-order valence-corrected chi connectivity index (χ2v) is 8.20. The number of phenols is 1. The summed E-state index contributed by atoms with van der Waals surface area (Å²) in [5, 5.41) is 11.0. The van der Waals surface area contributed by atoms with Crippen molar-refractivity contribution in [2.45, 2.75) is 97.3 Å². The predicted octanol–water partition coefficient (Wildman–Crippen LogP) is 7.08. The molecule has 1 aliphatic rings. The van der Waals surface area contributed by atoms with E-state index in [1.54, 1.807) is 0 Å². The highest BCUT2D eigenvalue weighted by Crippen LogP contribution is 2.39. The van der Waals surface area contributed by atoms with E-state index in [2.05, 4.69) is 26.8 Å². The Morgan fingerprint density at radius 2 is 1.86 bits per heavy atom. The first-order valence-electron chi connectivity index (χ1n) is 11.3. The molecule has 1 aromatic carbocycles. The lowest BCUT2D eigenvalue weighted by Crippen LogP contribution is -2.12. The fourth-order valence-electron chi connectivity index (χ4n) is 4.07. The second-order valence-electron chi connectivity index (χ2n) is 8.20. The summed E-state index contributed by atoms with van der Waals surface area (Å²) in [6.07, 6.45) is 13.9. The maximum atomic E-state index is 12.9. The summed E-state index contributed by atoms with van der Waals surface area (Å²) in [6, 6.07) is 4.06. The van der Waals surface area contributed by atoms with E-state index in [0.717, 1.165) is 81.8 Å². The molecule has 0 aliphatic heterocycles. The first-order valence-corrected chi connectivity index (χ1v) is 11.3. The number of ether oxygens (including phenoxy) is 1. The van der Waals surface area contributed by atoms with Crippen molar-refractivity contribution in [2.75, 3.05) is 6.61 Å². The zero-order valence-electron chi connectivity index (χ0n) is 18.1. The number of aromatic hydroxyl groups is 1. The molecule has 0 unspecified atom stereocenters. The average molecular weight is 387 g/mol.